The third-order valence-electron chi connectivity index (χ3n) is 2.94. The van der Waals surface area contributed by atoms with Crippen LogP contribution in [0.5, 0.6) is 0 Å². The maximum Gasteiger partial charge on any atom is 0.306 e. The second-order valence-electron chi connectivity index (χ2n) is 4.22. The molecule has 1 saturated heterocycles. The average molecular weight is 247 g/mol. The van der Waals surface area contributed by atoms with Crippen LogP contribution in [0.25, 0.3) is 0 Å². The first kappa shape index (κ1) is 13.6. The Morgan fingerprint density at radius 1 is 1.44 bits per heavy atom. The van der Waals surface area contributed by atoms with E-state index in [2.05, 4.69) is 9.64 Å². The van der Waals surface area contributed by atoms with Crippen molar-refractivity contribution in [1.29, 1.82) is 0 Å². The topological polar surface area (TPSA) is 46.6 Å². The summed E-state index contributed by atoms with van der Waals surface area (Å²) in [5.41, 5.74) is 0. The maximum atomic E-state index is 11.8. The van der Waals surface area contributed by atoms with E-state index in [1.165, 1.54) is 20.0 Å². The van der Waals surface area contributed by atoms with Crippen molar-refractivity contribution in [1.82, 2.24) is 4.90 Å². The van der Waals surface area contributed by atoms with Crippen LogP contribution >= 0.6 is 0 Å². The van der Waals surface area contributed by atoms with Gasteiger partial charge in [-0.3, -0.25) is 9.00 Å². The van der Waals surface area contributed by atoms with Crippen molar-refractivity contribution >= 4 is 16.8 Å². The Labute approximate surface area is 99.8 Å². The first-order valence-electron chi connectivity index (χ1n) is 5.80. The molecule has 2 atom stereocenters. The molecule has 0 radical (unpaired) electrons. The minimum absolute atomic E-state index is 0.102. The van der Waals surface area contributed by atoms with Gasteiger partial charge in [-0.25, -0.2) is 0 Å². The van der Waals surface area contributed by atoms with Crippen molar-refractivity contribution in [3.8, 4) is 0 Å². The van der Waals surface area contributed by atoms with E-state index in [-0.39, 0.29) is 17.6 Å². The van der Waals surface area contributed by atoms with E-state index >= 15 is 0 Å². The molecule has 1 fully saturated rings. The number of hydrogen-bond acceptors (Lipinski definition) is 4. The van der Waals surface area contributed by atoms with Gasteiger partial charge in [-0.2, -0.15) is 0 Å². The fourth-order valence-electron chi connectivity index (χ4n) is 1.84. The van der Waals surface area contributed by atoms with Crippen LogP contribution in [0.15, 0.2) is 0 Å². The Morgan fingerprint density at radius 3 is 2.62 bits per heavy atom. The van der Waals surface area contributed by atoms with E-state index in [1.807, 2.05) is 6.92 Å². The summed E-state index contributed by atoms with van der Waals surface area (Å²) in [6.45, 7) is 4.99. The fraction of sp³-hybridized carbons (Fsp3) is 0.909. The van der Waals surface area contributed by atoms with Crippen LogP contribution in [0.2, 0.25) is 0 Å². The van der Waals surface area contributed by atoms with Gasteiger partial charge in [0.25, 0.3) is 0 Å². The quantitative estimate of drug-likeness (QED) is 0.651. The fourth-order valence-corrected chi connectivity index (χ4v) is 3.00. The van der Waals surface area contributed by atoms with E-state index in [9.17, 15) is 9.00 Å². The van der Waals surface area contributed by atoms with Crippen LogP contribution in [0.4, 0.5) is 0 Å². The Hall–Kier alpha value is -0.420. The summed E-state index contributed by atoms with van der Waals surface area (Å²) in [6, 6.07) is 0. The average Bonchev–Trinajstić information content (AvgIpc) is 2.78. The van der Waals surface area contributed by atoms with E-state index in [0.29, 0.717) is 5.75 Å². The first-order valence-corrected chi connectivity index (χ1v) is 7.18. The van der Waals surface area contributed by atoms with Crippen molar-refractivity contribution in [2.24, 2.45) is 0 Å². The van der Waals surface area contributed by atoms with Crippen molar-refractivity contribution in [3.63, 3.8) is 0 Å². The number of carbonyl (C=O) groups is 1. The van der Waals surface area contributed by atoms with Crippen LogP contribution in [0.3, 0.4) is 0 Å². The molecule has 1 rings (SSSR count). The zero-order valence-corrected chi connectivity index (χ0v) is 10.9. The molecule has 0 aliphatic carbocycles. The van der Waals surface area contributed by atoms with E-state index in [4.69, 9.17) is 0 Å². The molecule has 16 heavy (non-hydrogen) atoms. The molecule has 0 aromatic carbocycles. The summed E-state index contributed by atoms with van der Waals surface area (Å²) >= 11 is 0. The van der Waals surface area contributed by atoms with Crippen LogP contribution in [-0.4, -0.2) is 52.8 Å². The van der Waals surface area contributed by atoms with Gasteiger partial charge in [0.15, 0.2) is 0 Å². The summed E-state index contributed by atoms with van der Waals surface area (Å²) in [6.07, 6.45) is 2.76. The molecule has 0 N–H and O–H groups in total. The van der Waals surface area contributed by atoms with Gasteiger partial charge in [-0.1, -0.05) is 6.92 Å². The molecule has 2 unspecified atom stereocenters. The summed E-state index contributed by atoms with van der Waals surface area (Å²) in [7, 11) is 0.438. The van der Waals surface area contributed by atoms with Gasteiger partial charge in [0.1, 0.15) is 0 Å². The summed E-state index contributed by atoms with van der Waals surface area (Å²) in [4.78, 5) is 13.4. The van der Waals surface area contributed by atoms with Crippen LogP contribution in [0, 0.1) is 0 Å². The molecule has 0 spiro atoms. The summed E-state index contributed by atoms with van der Waals surface area (Å²) in [5, 5.41) is -0.102. The molecule has 94 valence electrons. The summed E-state index contributed by atoms with van der Waals surface area (Å²) in [5.74, 6) is 0.389. The van der Waals surface area contributed by atoms with Crippen LogP contribution in [0.1, 0.15) is 26.2 Å². The van der Waals surface area contributed by atoms with Gasteiger partial charge in [0.2, 0.25) is 0 Å². The van der Waals surface area contributed by atoms with Crippen molar-refractivity contribution in [3.05, 3.63) is 0 Å². The van der Waals surface area contributed by atoms with Crippen molar-refractivity contribution < 1.29 is 13.7 Å². The molecular weight excluding hydrogens is 226 g/mol. The Balaban J connectivity index is 2.20. The number of esters is 1. The molecule has 5 heteroatoms. The molecule has 4 nitrogen and oxygen atoms in total. The normalized spacial score (nSPS) is 20.6. The number of methoxy groups -OCH3 is 1. The zero-order valence-electron chi connectivity index (χ0n) is 10.1. The number of hydrogen-bond donors (Lipinski definition) is 0. The lowest BCUT2D eigenvalue weighted by molar-refractivity contribution is -0.140. The minimum Gasteiger partial charge on any atom is -0.469 e. The van der Waals surface area contributed by atoms with Gasteiger partial charge >= 0.3 is 5.97 Å². The highest BCUT2D eigenvalue weighted by atomic mass is 32.2. The Bertz CT molecular complexity index is 252. The highest BCUT2D eigenvalue weighted by Crippen LogP contribution is 2.08. The predicted molar refractivity (Wildman–Crippen MR) is 64.8 cm³/mol. The SMILES string of the molecule is COC(=O)CC(C)S(=O)CCN1CCCC1. The van der Waals surface area contributed by atoms with Crippen molar-refractivity contribution in [2.75, 3.05) is 32.5 Å². The van der Waals surface area contributed by atoms with Crippen LogP contribution < -0.4 is 0 Å². The predicted octanol–water partition coefficient (Wildman–Crippen LogP) is 0.782. The van der Waals surface area contributed by atoms with Gasteiger partial charge in [-0.05, 0) is 25.9 Å². The van der Waals surface area contributed by atoms with Gasteiger partial charge < -0.3 is 9.64 Å². The number of nitrogens with zero attached hydrogens (tertiary/aromatic N) is 1. The molecule has 0 bridgehead atoms. The molecule has 1 aliphatic heterocycles. The van der Waals surface area contributed by atoms with Gasteiger partial charge in [0.05, 0.1) is 13.5 Å². The highest BCUT2D eigenvalue weighted by molar-refractivity contribution is 7.85. The number of likely N-dealkylation sites (tertiary alicyclic amines) is 1. The second kappa shape index (κ2) is 7.01. The van der Waals surface area contributed by atoms with Crippen molar-refractivity contribution in [2.45, 2.75) is 31.4 Å². The Morgan fingerprint density at radius 2 is 2.06 bits per heavy atom. The second-order valence-corrected chi connectivity index (χ2v) is 6.20. The minimum atomic E-state index is -0.925. The molecule has 1 aliphatic rings. The molecule has 0 aromatic rings. The zero-order chi connectivity index (χ0) is 12.0. The third-order valence-corrected chi connectivity index (χ3v) is 4.59. The molecule has 0 saturated carbocycles. The number of carbonyl (C=O) groups excluding carboxylic acids is 1. The number of ether oxygens (including phenoxy) is 1. The molecule has 0 aromatic heterocycles. The van der Waals surface area contributed by atoms with Crippen LogP contribution in [-0.2, 0) is 20.3 Å². The standard InChI is InChI=1S/C11H21NO3S/c1-10(9-11(13)15-2)16(14)8-7-12-5-3-4-6-12/h10H,3-9H2,1-2H3. The lowest BCUT2D eigenvalue weighted by atomic mass is 10.3. The largest absolute Gasteiger partial charge is 0.469 e. The maximum absolute atomic E-state index is 11.8. The monoisotopic (exact) mass is 247 g/mol. The number of rotatable bonds is 6. The first-order chi connectivity index (χ1) is 7.63. The van der Waals surface area contributed by atoms with Gasteiger partial charge in [0, 0.05) is 28.3 Å². The smallest absolute Gasteiger partial charge is 0.306 e. The van der Waals surface area contributed by atoms with E-state index in [1.54, 1.807) is 0 Å². The lowest BCUT2D eigenvalue weighted by Crippen LogP contribution is -2.28. The summed E-state index contributed by atoms with van der Waals surface area (Å²) < 4.78 is 16.4. The Kier molecular flexibility index (Phi) is 5.98. The molecule has 0 amide bonds. The lowest BCUT2D eigenvalue weighted by Gasteiger charge is -2.16. The molecular formula is C11H21NO3S. The third kappa shape index (κ3) is 4.61. The highest BCUT2D eigenvalue weighted by Gasteiger charge is 2.18. The molecule has 1 heterocycles. The van der Waals surface area contributed by atoms with E-state index < -0.39 is 10.8 Å². The van der Waals surface area contributed by atoms with E-state index in [0.717, 1.165) is 19.6 Å². The van der Waals surface area contributed by atoms with Gasteiger partial charge in [-0.15, -0.1) is 0 Å².